The van der Waals surface area contributed by atoms with Gasteiger partial charge in [0, 0.05) is 37.8 Å². The summed E-state index contributed by atoms with van der Waals surface area (Å²) in [5.74, 6) is -2.47. The molecule has 1 fully saturated rings. The van der Waals surface area contributed by atoms with Crippen LogP contribution in [0.3, 0.4) is 0 Å². The van der Waals surface area contributed by atoms with Gasteiger partial charge in [0.05, 0.1) is 15.8 Å². The van der Waals surface area contributed by atoms with Gasteiger partial charge < -0.3 is 15.5 Å². The number of rotatable bonds is 7. The zero-order valence-corrected chi connectivity index (χ0v) is 17.6. The molecule has 6 nitrogen and oxygen atoms in total. The molecule has 0 unspecified atom stereocenters. The van der Waals surface area contributed by atoms with E-state index in [9.17, 15) is 18.4 Å². The molecule has 0 saturated carbocycles. The number of carbonyl (C=O) groups excluding carboxylic acids is 2. The monoisotopic (exact) mass is 444 g/mol. The maximum Gasteiger partial charge on any atom is 0.254 e. The van der Waals surface area contributed by atoms with Crippen molar-refractivity contribution >= 4 is 44.2 Å². The van der Waals surface area contributed by atoms with Crippen LogP contribution in [0.25, 0.3) is 10.2 Å². The molecule has 2 heterocycles. The Bertz CT molecular complexity index is 1110. The van der Waals surface area contributed by atoms with Gasteiger partial charge in [0.25, 0.3) is 5.91 Å². The lowest BCUT2D eigenvalue weighted by Gasteiger charge is -2.11. The first-order valence-corrected chi connectivity index (χ1v) is 11.0. The molecular formula is C22H22F2N4O2S. The van der Waals surface area contributed by atoms with Crippen LogP contribution >= 0.6 is 11.3 Å². The number of thiazole rings is 1. The molecule has 0 spiro atoms. The van der Waals surface area contributed by atoms with Gasteiger partial charge in [-0.3, -0.25) is 9.59 Å². The minimum Gasteiger partial charge on any atom is -0.352 e. The second-order valence-corrected chi connectivity index (χ2v) is 8.41. The second kappa shape index (κ2) is 9.38. The summed E-state index contributed by atoms with van der Waals surface area (Å²) in [4.78, 5) is 31.1. The quantitative estimate of drug-likeness (QED) is 0.532. The Morgan fingerprint density at radius 1 is 1.10 bits per heavy atom. The Balaban J connectivity index is 1.25. The van der Waals surface area contributed by atoms with Gasteiger partial charge >= 0.3 is 0 Å². The van der Waals surface area contributed by atoms with Crippen molar-refractivity contribution in [3.63, 3.8) is 0 Å². The fraction of sp³-hybridized carbons (Fsp3) is 0.318. The number of halogens is 2. The van der Waals surface area contributed by atoms with E-state index in [1.54, 1.807) is 11.3 Å². The predicted molar refractivity (Wildman–Crippen MR) is 118 cm³/mol. The SMILES string of the molecule is O=C(CCCNC(=O)c1ccc(F)cc1F)Nc1ccc2nc(N3CCCC3)sc2c1. The number of fused-ring (bicyclic) bond motifs is 1. The summed E-state index contributed by atoms with van der Waals surface area (Å²) in [6, 6.07) is 8.43. The molecule has 0 aliphatic carbocycles. The van der Waals surface area contributed by atoms with E-state index >= 15 is 0 Å². The van der Waals surface area contributed by atoms with E-state index in [1.807, 2.05) is 18.2 Å². The summed E-state index contributed by atoms with van der Waals surface area (Å²) >= 11 is 1.62. The van der Waals surface area contributed by atoms with E-state index < -0.39 is 17.5 Å². The molecule has 2 amide bonds. The average molecular weight is 445 g/mol. The summed E-state index contributed by atoms with van der Waals surface area (Å²) in [6.45, 7) is 2.28. The molecule has 4 rings (SSSR count). The smallest absolute Gasteiger partial charge is 0.254 e. The maximum absolute atomic E-state index is 13.6. The molecular weight excluding hydrogens is 422 g/mol. The highest BCUT2D eigenvalue weighted by Gasteiger charge is 2.17. The van der Waals surface area contributed by atoms with Gasteiger partial charge in [-0.05, 0) is 49.6 Å². The van der Waals surface area contributed by atoms with Crippen LogP contribution in [0, 0.1) is 11.6 Å². The summed E-state index contributed by atoms with van der Waals surface area (Å²) in [6.07, 6.45) is 2.97. The lowest BCUT2D eigenvalue weighted by molar-refractivity contribution is -0.116. The first-order valence-electron chi connectivity index (χ1n) is 10.2. The fourth-order valence-corrected chi connectivity index (χ4v) is 4.53. The number of nitrogens with one attached hydrogen (secondary N) is 2. The van der Waals surface area contributed by atoms with E-state index in [2.05, 4.69) is 20.5 Å². The van der Waals surface area contributed by atoms with Gasteiger partial charge in [0.1, 0.15) is 11.6 Å². The number of hydrogen-bond acceptors (Lipinski definition) is 5. The minimum atomic E-state index is -0.915. The van der Waals surface area contributed by atoms with Gasteiger partial charge in [0.15, 0.2) is 5.13 Å². The summed E-state index contributed by atoms with van der Waals surface area (Å²) in [7, 11) is 0. The number of benzene rings is 2. The minimum absolute atomic E-state index is 0.175. The van der Waals surface area contributed by atoms with Crippen molar-refractivity contribution in [2.75, 3.05) is 29.9 Å². The predicted octanol–water partition coefficient (Wildman–Crippen LogP) is 4.32. The third-order valence-corrected chi connectivity index (χ3v) is 6.16. The highest BCUT2D eigenvalue weighted by molar-refractivity contribution is 7.22. The normalized spacial score (nSPS) is 13.5. The zero-order chi connectivity index (χ0) is 21.8. The van der Waals surface area contributed by atoms with Crippen LogP contribution < -0.4 is 15.5 Å². The van der Waals surface area contributed by atoms with E-state index in [1.165, 1.54) is 12.8 Å². The molecule has 3 aromatic rings. The van der Waals surface area contributed by atoms with Crippen molar-refractivity contribution in [3.05, 3.63) is 53.6 Å². The molecule has 162 valence electrons. The Labute approximate surface area is 182 Å². The van der Waals surface area contributed by atoms with Crippen molar-refractivity contribution in [2.45, 2.75) is 25.7 Å². The van der Waals surface area contributed by atoms with Crippen molar-refractivity contribution < 1.29 is 18.4 Å². The summed E-state index contributed by atoms with van der Waals surface area (Å²) in [5.41, 5.74) is 1.39. The number of hydrogen-bond donors (Lipinski definition) is 2. The Hall–Kier alpha value is -3.07. The summed E-state index contributed by atoms with van der Waals surface area (Å²) in [5, 5.41) is 6.42. The molecule has 2 aromatic carbocycles. The third-order valence-electron chi connectivity index (χ3n) is 5.08. The van der Waals surface area contributed by atoms with Crippen molar-refractivity contribution in [3.8, 4) is 0 Å². The van der Waals surface area contributed by atoms with Gasteiger partial charge in [-0.15, -0.1) is 0 Å². The first-order chi connectivity index (χ1) is 15.0. The lowest BCUT2D eigenvalue weighted by atomic mass is 10.2. The maximum atomic E-state index is 13.6. The van der Waals surface area contributed by atoms with Crippen LogP contribution in [0.2, 0.25) is 0 Å². The van der Waals surface area contributed by atoms with Crippen molar-refractivity contribution in [1.82, 2.24) is 10.3 Å². The lowest BCUT2D eigenvalue weighted by Crippen LogP contribution is -2.26. The van der Waals surface area contributed by atoms with Crippen LogP contribution in [0.4, 0.5) is 19.6 Å². The van der Waals surface area contributed by atoms with Gasteiger partial charge in [-0.1, -0.05) is 11.3 Å². The number of anilines is 2. The fourth-order valence-electron chi connectivity index (χ4n) is 3.48. The molecule has 1 saturated heterocycles. The highest BCUT2D eigenvalue weighted by atomic mass is 32.1. The number of amides is 2. The standard InChI is InChI=1S/C22H22F2N4O2S/c23-14-5-7-16(17(24)12-14)21(30)25-9-3-4-20(29)26-15-6-8-18-19(13-15)31-22(27-18)28-10-1-2-11-28/h5-8,12-13H,1-4,9-11H2,(H,25,30)(H,26,29). The molecule has 0 radical (unpaired) electrons. The zero-order valence-electron chi connectivity index (χ0n) is 16.8. The molecule has 9 heteroatoms. The van der Waals surface area contributed by atoms with Gasteiger partial charge in [-0.25, -0.2) is 13.8 Å². The topological polar surface area (TPSA) is 74.3 Å². The second-order valence-electron chi connectivity index (χ2n) is 7.40. The Morgan fingerprint density at radius 3 is 2.68 bits per heavy atom. The number of aromatic nitrogens is 1. The molecule has 0 bridgehead atoms. The van der Waals surface area contributed by atoms with E-state index in [0.29, 0.717) is 18.2 Å². The molecule has 1 aromatic heterocycles. The van der Waals surface area contributed by atoms with E-state index in [-0.39, 0.29) is 24.4 Å². The van der Waals surface area contributed by atoms with Crippen LogP contribution in [-0.4, -0.2) is 36.4 Å². The first kappa shape index (κ1) is 21.2. The van der Waals surface area contributed by atoms with Crippen LogP contribution in [0.15, 0.2) is 36.4 Å². The van der Waals surface area contributed by atoms with Crippen LogP contribution in [0.1, 0.15) is 36.0 Å². The van der Waals surface area contributed by atoms with E-state index in [0.717, 1.165) is 40.6 Å². The van der Waals surface area contributed by atoms with Gasteiger partial charge in [-0.2, -0.15) is 0 Å². The van der Waals surface area contributed by atoms with Crippen molar-refractivity contribution in [1.29, 1.82) is 0 Å². The Morgan fingerprint density at radius 2 is 1.90 bits per heavy atom. The third kappa shape index (κ3) is 5.16. The molecule has 2 N–H and O–H groups in total. The van der Waals surface area contributed by atoms with Gasteiger partial charge in [0.2, 0.25) is 5.91 Å². The van der Waals surface area contributed by atoms with Crippen LogP contribution in [-0.2, 0) is 4.79 Å². The molecule has 0 atom stereocenters. The average Bonchev–Trinajstić information content (AvgIpc) is 3.40. The number of carbonyl (C=O) groups is 2. The highest BCUT2D eigenvalue weighted by Crippen LogP contribution is 2.32. The van der Waals surface area contributed by atoms with Crippen molar-refractivity contribution in [2.24, 2.45) is 0 Å². The Kier molecular flexibility index (Phi) is 6.41. The molecule has 1 aliphatic rings. The van der Waals surface area contributed by atoms with Crippen LogP contribution in [0.5, 0.6) is 0 Å². The molecule has 31 heavy (non-hydrogen) atoms. The molecule has 1 aliphatic heterocycles. The van der Waals surface area contributed by atoms with E-state index in [4.69, 9.17) is 0 Å². The number of nitrogens with zero attached hydrogens (tertiary/aromatic N) is 2. The largest absolute Gasteiger partial charge is 0.352 e. The summed E-state index contributed by atoms with van der Waals surface area (Å²) < 4.78 is 27.6.